The number of hydrogen-bond donors (Lipinski definition) is 1. The topological polar surface area (TPSA) is 21.3 Å². The van der Waals surface area contributed by atoms with Crippen LogP contribution in [0.3, 0.4) is 0 Å². The minimum Gasteiger partial charge on any atom is -0.497 e. The summed E-state index contributed by atoms with van der Waals surface area (Å²) in [6.45, 7) is 2.22. The van der Waals surface area contributed by atoms with Gasteiger partial charge in [0, 0.05) is 5.56 Å². The van der Waals surface area contributed by atoms with Crippen LogP contribution in [0.1, 0.15) is 18.9 Å². The highest BCUT2D eigenvalue weighted by Gasteiger charge is 2.30. The van der Waals surface area contributed by atoms with Crippen molar-refractivity contribution in [2.24, 2.45) is 0 Å². The first kappa shape index (κ1) is 12.9. The van der Waals surface area contributed by atoms with Gasteiger partial charge in [0.15, 0.2) is 0 Å². The fraction of sp³-hybridized carbons (Fsp3) is 0.500. The van der Waals surface area contributed by atoms with E-state index in [9.17, 15) is 8.78 Å². The molecular formula is C12H17F2NO. The van der Waals surface area contributed by atoms with Crippen LogP contribution in [0.25, 0.3) is 0 Å². The van der Waals surface area contributed by atoms with Crippen molar-refractivity contribution in [3.05, 3.63) is 29.8 Å². The highest BCUT2D eigenvalue weighted by molar-refractivity contribution is 5.29. The van der Waals surface area contributed by atoms with Gasteiger partial charge in [0.2, 0.25) is 0 Å². The largest absolute Gasteiger partial charge is 0.497 e. The van der Waals surface area contributed by atoms with E-state index < -0.39 is 5.92 Å². The second-order valence-corrected chi connectivity index (χ2v) is 3.61. The maximum absolute atomic E-state index is 13.6. The molecule has 0 aliphatic carbocycles. The Kier molecular flexibility index (Phi) is 4.68. The second-order valence-electron chi connectivity index (χ2n) is 3.61. The molecule has 0 atom stereocenters. The highest BCUT2D eigenvalue weighted by atomic mass is 19.3. The van der Waals surface area contributed by atoms with Crippen LogP contribution in [0, 0.1) is 0 Å². The van der Waals surface area contributed by atoms with Gasteiger partial charge in [-0.05, 0) is 37.2 Å². The van der Waals surface area contributed by atoms with Crippen molar-refractivity contribution in [1.82, 2.24) is 5.32 Å². The van der Waals surface area contributed by atoms with Crippen molar-refractivity contribution in [3.63, 3.8) is 0 Å². The summed E-state index contributed by atoms with van der Waals surface area (Å²) in [5.41, 5.74) is 0.0110. The Hall–Kier alpha value is -1.16. The Morgan fingerprint density at radius 2 is 1.88 bits per heavy atom. The Morgan fingerprint density at radius 3 is 2.38 bits per heavy atom. The van der Waals surface area contributed by atoms with Gasteiger partial charge in [-0.3, -0.25) is 0 Å². The summed E-state index contributed by atoms with van der Waals surface area (Å²) in [5.74, 6) is -2.25. The molecule has 0 aromatic heterocycles. The number of nitrogens with one attached hydrogen (secondary N) is 1. The fourth-order valence-electron chi connectivity index (χ4n) is 1.36. The molecule has 90 valence electrons. The van der Waals surface area contributed by atoms with Crippen molar-refractivity contribution in [3.8, 4) is 5.75 Å². The Balaban J connectivity index is 2.65. The van der Waals surface area contributed by atoms with Crippen LogP contribution in [0.2, 0.25) is 0 Å². The van der Waals surface area contributed by atoms with Crippen molar-refractivity contribution in [2.75, 3.05) is 20.2 Å². The minimum absolute atomic E-state index is 0.0110. The lowest BCUT2D eigenvalue weighted by Gasteiger charge is -2.17. The number of benzene rings is 1. The molecule has 0 saturated heterocycles. The molecule has 0 saturated carbocycles. The Labute approximate surface area is 94.6 Å². The first-order valence-corrected chi connectivity index (χ1v) is 5.33. The fourth-order valence-corrected chi connectivity index (χ4v) is 1.36. The molecule has 0 radical (unpaired) electrons. The van der Waals surface area contributed by atoms with Crippen molar-refractivity contribution in [1.29, 1.82) is 0 Å². The molecule has 0 heterocycles. The molecule has 1 N–H and O–H groups in total. The smallest absolute Gasteiger partial charge is 0.285 e. The lowest BCUT2D eigenvalue weighted by Crippen LogP contribution is -2.31. The average Bonchev–Trinajstić information content (AvgIpc) is 2.29. The normalized spacial score (nSPS) is 11.5. The average molecular weight is 229 g/mol. The van der Waals surface area contributed by atoms with Gasteiger partial charge >= 0.3 is 0 Å². The van der Waals surface area contributed by atoms with Gasteiger partial charge in [-0.15, -0.1) is 0 Å². The standard InChI is InChI=1S/C12H17F2NO/c1-3-8-15-9-12(13,14)10-4-6-11(16-2)7-5-10/h4-7,15H,3,8-9H2,1-2H3. The van der Waals surface area contributed by atoms with Crippen LogP contribution < -0.4 is 10.1 Å². The summed E-state index contributed by atoms with van der Waals surface area (Å²) in [5, 5.41) is 2.72. The van der Waals surface area contributed by atoms with Crippen LogP contribution in [0.5, 0.6) is 5.75 Å². The van der Waals surface area contributed by atoms with Crippen LogP contribution >= 0.6 is 0 Å². The van der Waals surface area contributed by atoms with Gasteiger partial charge in [0.1, 0.15) is 5.75 Å². The van der Waals surface area contributed by atoms with Gasteiger partial charge in [-0.1, -0.05) is 6.92 Å². The molecule has 0 spiro atoms. The zero-order valence-corrected chi connectivity index (χ0v) is 9.59. The summed E-state index contributed by atoms with van der Waals surface area (Å²) >= 11 is 0. The van der Waals surface area contributed by atoms with E-state index in [0.29, 0.717) is 12.3 Å². The summed E-state index contributed by atoms with van der Waals surface area (Å²) in [6.07, 6.45) is 0.846. The predicted octanol–water partition coefficient (Wildman–Crippen LogP) is 2.79. The third-order valence-corrected chi connectivity index (χ3v) is 2.29. The highest BCUT2D eigenvalue weighted by Crippen LogP contribution is 2.28. The predicted molar refractivity (Wildman–Crippen MR) is 60.0 cm³/mol. The number of alkyl halides is 2. The van der Waals surface area contributed by atoms with Gasteiger partial charge in [-0.25, -0.2) is 0 Å². The van der Waals surface area contributed by atoms with E-state index in [2.05, 4.69) is 5.32 Å². The lowest BCUT2D eigenvalue weighted by molar-refractivity contribution is -0.00293. The van der Waals surface area contributed by atoms with E-state index >= 15 is 0 Å². The number of hydrogen-bond acceptors (Lipinski definition) is 2. The Morgan fingerprint density at radius 1 is 1.25 bits per heavy atom. The molecule has 0 amide bonds. The summed E-state index contributed by atoms with van der Waals surface area (Å²) in [4.78, 5) is 0. The lowest BCUT2D eigenvalue weighted by atomic mass is 10.1. The summed E-state index contributed by atoms with van der Waals surface area (Å²) in [7, 11) is 1.51. The van der Waals surface area contributed by atoms with Crippen LogP contribution in [0.15, 0.2) is 24.3 Å². The molecule has 0 fully saturated rings. The van der Waals surface area contributed by atoms with E-state index in [0.717, 1.165) is 6.42 Å². The third kappa shape index (κ3) is 3.45. The van der Waals surface area contributed by atoms with Gasteiger partial charge in [0.05, 0.1) is 13.7 Å². The van der Waals surface area contributed by atoms with Gasteiger partial charge in [-0.2, -0.15) is 8.78 Å². The molecular weight excluding hydrogens is 212 g/mol. The van der Waals surface area contributed by atoms with Crippen molar-refractivity contribution in [2.45, 2.75) is 19.3 Å². The van der Waals surface area contributed by atoms with Crippen LogP contribution in [-0.4, -0.2) is 20.2 Å². The first-order valence-electron chi connectivity index (χ1n) is 5.33. The minimum atomic E-state index is -2.83. The van der Waals surface area contributed by atoms with E-state index in [1.165, 1.54) is 19.2 Å². The van der Waals surface area contributed by atoms with Gasteiger partial charge < -0.3 is 10.1 Å². The molecule has 0 aliphatic rings. The van der Waals surface area contributed by atoms with E-state index in [4.69, 9.17) is 4.74 Å². The van der Waals surface area contributed by atoms with E-state index in [1.54, 1.807) is 12.1 Å². The molecule has 0 bridgehead atoms. The molecule has 0 aliphatic heterocycles. The van der Waals surface area contributed by atoms with Crippen LogP contribution in [-0.2, 0) is 5.92 Å². The Bertz CT molecular complexity index is 311. The van der Waals surface area contributed by atoms with Crippen LogP contribution in [0.4, 0.5) is 8.78 Å². The molecule has 1 rings (SSSR count). The summed E-state index contributed by atoms with van der Waals surface area (Å²) in [6, 6.07) is 5.88. The number of rotatable bonds is 6. The zero-order chi connectivity index (χ0) is 12.0. The SMILES string of the molecule is CCCNCC(F)(F)c1ccc(OC)cc1. The zero-order valence-electron chi connectivity index (χ0n) is 9.59. The van der Waals surface area contributed by atoms with Crippen molar-refractivity contribution >= 4 is 0 Å². The van der Waals surface area contributed by atoms with E-state index in [1.807, 2.05) is 6.92 Å². The molecule has 16 heavy (non-hydrogen) atoms. The monoisotopic (exact) mass is 229 g/mol. The maximum Gasteiger partial charge on any atom is 0.285 e. The molecule has 1 aromatic carbocycles. The molecule has 2 nitrogen and oxygen atoms in total. The summed E-state index contributed by atoms with van der Waals surface area (Å²) < 4.78 is 32.1. The van der Waals surface area contributed by atoms with Gasteiger partial charge in [0.25, 0.3) is 5.92 Å². The number of halogens is 2. The van der Waals surface area contributed by atoms with Crippen molar-refractivity contribution < 1.29 is 13.5 Å². The quantitative estimate of drug-likeness (QED) is 0.757. The molecule has 0 unspecified atom stereocenters. The maximum atomic E-state index is 13.6. The molecule has 1 aromatic rings. The van der Waals surface area contributed by atoms with E-state index in [-0.39, 0.29) is 12.1 Å². The first-order chi connectivity index (χ1) is 7.60. The number of ether oxygens (including phenoxy) is 1. The molecule has 4 heteroatoms. The second kappa shape index (κ2) is 5.80. The third-order valence-electron chi connectivity index (χ3n) is 2.29. The number of methoxy groups -OCH3 is 1.